The lowest BCUT2D eigenvalue weighted by atomic mass is 9.74. The third-order valence-corrected chi connectivity index (χ3v) is 6.17. The lowest BCUT2D eigenvalue weighted by Gasteiger charge is -2.44. The predicted molar refractivity (Wildman–Crippen MR) is 81.0 cm³/mol. The molecule has 0 aromatic heterocycles. The Bertz CT molecular complexity index is 291. The molecule has 3 rings (SSSR count). The number of likely N-dealkylation sites (tertiary alicyclic amines) is 1. The summed E-state index contributed by atoms with van der Waals surface area (Å²) in [6.45, 7) is 6.42. The van der Waals surface area contributed by atoms with Crippen molar-refractivity contribution in [1.29, 1.82) is 0 Å². The summed E-state index contributed by atoms with van der Waals surface area (Å²) in [6, 6.07) is 0.472. The second kappa shape index (κ2) is 6.13. The molecule has 3 fully saturated rings. The molecule has 2 aliphatic carbocycles. The highest BCUT2D eigenvalue weighted by Crippen LogP contribution is 2.37. The van der Waals surface area contributed by atoms with E-state index in [0.717, 1.165) is 23.7 Å². The van der Waals surface area contributed by atoms with Gasteiger partial charge in [0.15, 0.2) is 0 Å². The minimum absolute atomic E-state index is 0.472. The summed E-state index contributed by atoms with van der Waals surface area (Å²) in [5.41, 5.74) is 6.36. The van der Waals surface area contributed by atoms with Gasteiger partial charge in [0.25, 0.3) is 0 Å². The third-order valence-electron chi connectivity index (χ3n) is 6.17. The Morgan fingerprint density at radius 2 is 1.79 bits per heavy atom. The molecule has 0 radical (unpaired) electrons. The van der Waals surface area contributed by atoms with E-state index in [2.05, 4.69) is 11.8 Å². The number of nitrogens with two attached hydrogens (primary N) is 1. The number of hydrogen-bond acceptors (Lipinski definition) is 2. The molecule has 2 saturated carbocycles. The van der Waals surface area contributed by atoms with Crippen molar-refractivity contribution in [2.24, 2.45) is 29.4 Å². The smallest absolute Gasteiger partial charge is 0.00795 e. The molecule has 2 heteroatoms. The van der Waals surface area contributed by atoms with Gasteiger partial charge in [0.2, 0.25) is 0 Å². The maximum atomic E-state index is 6.36. The Labute approximate surface area is 119 Å². The fourth-order valence-corrected chi connectivity index (χ4v) is 4.91. The molecule has 1 aliphatic heterocycles. The number of nitrogens with zero attached hydrogens (tertiary/aromatic N) is 1. The van der Waals surface area contributed by atoms with E-state index in [0.29, 0.717) is 6.04 Å². The third kappa shape index (κ3) is 3.33. The molecule has 0 spiro atoms. The summed E-state index contributed by atoms with van der Waals surface area (Å²) in [7, 11) is 0. The van der Waals surface area contributed by atoms with Crippen LogP contribution < -0.4 is 5.73 Å². The van der Waals surface area contributed by atoms with E-state index < -0.39 is 0 Å². The Morgan fingerprint density at radius 1 is 1.00 bits per heavy atom. The van der Waals surface area contributed by atoms with Gasteiger partial charge in [-0.15, -0.1) is 0 Å². The van der Waals surface area contributed by atoms with Crippen LogP contribution in [0.25, 0.3) is 0 Å². The van der Waals surface area contributed by atoms with Gasteiger partial charge >= 0.3 is 0 Å². The molecule has 0 aromatic rings. The van der Waals surface area contributed by atoms with E-state index in [-0.39, 0.29) is 0 Å². The van der Waals surface area contributed by atoms with E-state index in [1.807, 2.05) is 0 Å². The Kier molecular flexibility index (Phi) is 4.48. The highest BCUT2D eigenvalue weighted by atomic mass is 15.1. The molecular formula is C17H32N2. The van der Waals surface area contributed by atoms with E-state index in [9.17, 15) is 0 Å². The summed E-state index contributed by atoms with van der Waals surface area (Å²) in [6.07, 6.45) is 11.4. The van der Waals surface area contributed by atoms with Crippen LogP contribution in [-0.2, 0) is 0 Å². The standard InChI is InChI=1S/C17H32N2/c1-13-6-7-17(18)16(10-13)12-19-9-8-14-4-2-3-5-15(14)11-19/h13-17H,2-12,18H2,1H3. The van der Waals surface area contributed by atoms with Gasteiger partial charge in [0, 0.05) is 19.1 Å². The molecule has 2 nitrogen and oxygen atoms in total. The Hall–Kier alpha value is -0.0800. The van der Waals surface area contributed by atoms with Gasteiger partial charge in [-0.3, -0.25) is 0 Å². The fraction of sp³-hybridized carbons (Fsp3) is 1.00. The van der Waals surface area contributed by atoms with Crippen molar-refractivity contribution in [3.8, 4) is 0 Å². The molecule has 1 saturated heterocycles. The number of fused-ring (bicyclic) bond motifs is 1. The molecule has 1 heterocycles. The first kappa shape index (κ1) is 13.9. The van der Waals surface area contributed by atoms with Crippen LogP contribution in [0.15, 0.2) is 0 Å². The molecule has 0 aromatic carbocycles. The molecule has 0 amide bonds. The van der Waals surface area contributed by atoms with E-state index in [1.54, 1.807) is 0 Å². The zero-order valence-corrected chi connectivity index (χ0v) is 12.7. The molecule has 5 atom stereocenters. The lowest BCUT2D eigenvalue weighted by molar-refractivity contribution is 0.0628. The maximum absolute atomic E-state index is 6.36. The van der Waals surface area contributed by atoms with Crippen molar-refractivity contribution in [3.63, 3.8) is 0 Å². The van der Waals surface area contributed by atoms with Crippen LogP contribution in [0.5, 0.6) is 0 Å². The Balaban J connectivity index is 1.52. The highest BCUT2D eigenvalue weighted by Gasteiger charge is 2.33. The van der Waals surface area contributed by atoms with Crippen LogP contribution in [0.1, 0.15) is 58.3 Å². The molecule has 5 unspecified atom stereocenters. The largest absolute Gasteiger partial charge is 0.327 e. The molecule has 0 bridgehead atoms. The van der Waals surface area contributed by atoms with Gasteiger partial charge in [0.1, 0.15) is 0 Å². The zero-order chi connectivity index (χ0) is 13.2. The van der Waals surface area contributed by atoms with E-state index in [4.69, 9.17) is 5.73 Å². The number of rotatable bonds is 2. The molecule has 3 aliphatic rings. The van der Waals surface area contributed by atoms with Gasteiger partial charge in [0.05, 0.1) is 0 Å². The van der Waals surface area contributed by atoms with Crippen molar-refractivity contribution in [3.05, 3.63) is 0 Å². The average Bonchev–Trinajstić information content (AvgIpc) is 2.43. The summed E-state index contributed by atoms with van der Waals surface area (Å²) in [5.74, 6) is 3.74. The quantitative estimate of drug-likeness (QED) is 0.829. The summed E-state index contributed by atoms with van der Waals surface area (Å²) in [5, 5.41) is 0. The minimum atomic E-state index is 0.472. The first-order chi connectivity index (χ1) is 9.22. The summed E-state index contributed by atoms with van der Waals surface area (Å²) >= 11 is 0. The zero-order valence-electron chi connectivity index (χ0n) is 12.7. The number of hydrogen-bond donors (Lipinski definition) is 1. The normalized spacial score (nSPS) is 44.8. The van der Waals surface area contributed by atoms with Crippen LogP contribution in [0, 0.1) is 23.7 Å². The second-order valence-electron chi connectivity index (χ2n) is 7.70. The van der Waals surface area contributed by atoms with Crippen molar-refractivity contribution in [2.45, 2.75) is 64.3 Å². The van der Waals surface area contributed by atoms with Gasteiger partial charge in [-0.1, -0.05) is 26.2 Å². The van der Waals surface area contributed by atoms with Crippen molar-refractivity contribution in [1.82, 2.24) is 4.90 Å². The number of piperidine rings is 1. The van der Waals surface area contributed by atoms with Gasteiger partial charge in [-0.05, 0) is 62.3 Å². The first-order valence-corrected chi connectivity index (χ1v) is 8.70. The predicted octanol–water partition coefficient (Wildman–Crippen LogP) is 3.26. The molecular weight excluding hydrogens is 232 g/mol. The van der Waals surface area contributed by atoms with Gasteiger partial charge in [-0.25, -0.2) is 0 Å². The van der Waals surface area contributed by atoms with Gasteiger partial charge in [-0.2, -0.15) is 0 Å². The van der Waals surface area contributed by atoms with Crippen LogP contribution in [0.2, 0.25) is 0 Å². The molecule has 110 valence electrons. The summed E-state index contributed by atoms with van der Waals surface area (Å²) in [4.78, 5) is 2.76. The van der Waals surface area contributed by atoms with Crippen LogP contribution in [0.3, 0.4) is 0 Å². The van der Waals surface area contributed by atoms with Crippen molar-refractivity contribution < 1.29 is 0 Å². The van der Waals surface area contributed by atoms with Crippen LogP contribution in [-0.4, -0.2) is 30.6 Å². The van der Waals surface area contributed by atoms with E-state index in [1.165, 1.54) is 71.0 Å². The average molecular weight is 264 g/mol. The second-order valence-corrected chi connectivity index (χ2v) is 7.70. The van der Waals surface area contributed by atoms with Crippen LogP contribution in [0.4, 0.5) is 0 Å². The monoisotopic (exact) mass is 264 g/mol. The maximum Gasteiger partial charge on any atom is 0.00795 e. The van der Waals surface area contributed by atoms with Crippen molar-refractivity contribution >= 4 is 0 Å². The first-order valence-electron chi connectivity index (χ1n) is 8.70. The molecule has 19 heavy (non-hydrogen) atoms. The van der Waals surface area contributed by atoms with E-state index >= 15 is 0 Å². The minimum Gasteiger partial charge on any atom is -0.327 e. The topological polar surface area (TPSA) is 29.3 Å². The summed E-state index contributed by atoms with van der Waals surface area (Å²) < 4.78 is 0. The lowest BCUT2D eigenvalue weighted by Crippen LogP contribution is -2.48. The highest BCUT2D eigenvalue weighted by molar-refractivity contribution is 4.88. The SMILES string of the molecule is CC1CCC(N)C(CN2CCC3CCCCC3C2)C1. The fourth-order valence-electron chi connectivity index (χ4n) is 4.91. The van der Waals surface area contributed by atoms with Gasteiger partial charge < -0.3 is 10.6 Å². The van der Waals surface area contributed by atoms with Crippen LogP contribution >= 0.6 is 0 Å². The van der Waals surface area contributed by atoms with Crippen molar-refractivity contribution in [2.75, 3.05) is 19.6 Å². The molecule has 2 N–H and O–H groups in total. The Morgan fingerprint density at radius 3 is 2.63 bits per heavy atom.